The number of ether oxygens (including phenoxy) is 2. The molecule has 0 spiro atoms. The van der Waals surface area contributed by atoms with E-state index in [0.29, 0.717) is 27.1 Å². The highest BCUT2D eigenvalue weighted by atomic mass is 32.1. The normalized spacial score (nSPS) is 12.2. The molecule has 0 atom stereocenters. The van der Waals surface area contributed by atoms with E-state index in [9.17, 15) is 9.59 Å². The van der Waals surface area contributed by atoms with Gasteiger partial charge < -0.3 is 14.5 Å². The molecule has 0 amide bonds. The van der Waals surface area contributed by atoms with E-state index in [1.165, 1.54) is 24.5 Å². The van der Waals surface area contributed by atoms with Gasteiger partial charge in [0.15, 0.2) is 5.78 Å². The van der Waals surface area contributed by atoms with Crippen LogP contribution in [0, 0.1) is 0 Å². The van der Waals surface area contributed by atoms with E-state index in [1.54, 1.807) is 30.3 Å². The number of methoxy groups -OCH3 is 1. The minimum Gasteiger partial charge on any atom is -0.496 e. The van der Waals surface area contributed by atoms with Crippen LogP contribution < -0.4 is 24.2 Å². The molecule has 3 rings (SSSR count). The van der Waals surface area contributed by atoms with Gasteiger partial charge in [0.25, 0.3) is 5.56 Å². The molecular weight excluding hydrogens is 374 g/mol. The van der Waals surface area contributed by atoms with Gasteiger partial charge in [-0.25, -0.2) is 0 Å². The topological polar surface area (TPSA) is 68.4 Å². The van der Waals surface area contributed by atoms with Gasteiger partial charge in [-0.1, -0.05) is 31.2 Å². The average Bonchev–Trinajstić information content (AvgIpc) is 3.06. The maximum Gasteiger partial charge on any atom is 0.266 e. The molecule has 1 N–H and O–H groups in total. The molecule has 0 aliphatic carbocycles. The molecule has 2 aromatic carbocycles. The summed E-state index contributed by atoms with van der Waals surface area (Å²) in [6.45, 7) is 2.73. The van der Waals surface area contributed by atoms with Gasteiger partial charge in [0.05, 0.1) is 28.5 Å². The van der Waals surface area contributed by atoms with Crippen LogP contribution in [0.2, 0.25) is 0 Å². The second kappa shape index (κ2) is 9.19. The van der Waals surface area contributed by atoms with Gasteiger partial charge in [-0.15, -0.1) is 11.3 Å². The summed E-state index contributed by atoms with van der Waals surface area (Å²) < 4.78 is 11.8. The van der Waals surface area contributed by atoms with Gasteiger partial charge >= 0.3 is 0 Å². The number of hydrogen-bond donors (Lipinski definition) is 1. The lowest BCUT2D eigenvalue weighted by Gasteiger charge is -2.03. The quantitative estimate of drug-likeness (QED) is 0.625. The van der Waals surface area contributed by atoms with Crippen LogP contribution in [-0.2, 0) is 0 Å². The third kappa shape index (κ3) is 4.78. The lowest BCUT2D eigenvalue weighted by molar-refractivity contribution is 0.105. The summed E-state index contributed by atoms with van der Waals surface area (Å²) in [5, 5.41) is 0. The molecule has 0 aliphatic heterocycles. The number of rotatable bonds is 7. The molecule has 0 saturated carbocycles. The zero-order valence-electron chi connectivity index (χ0n) is 15.7. The molecule has 5 nitrogen and oxygen atoms in total. The van der Waals surface area contributed by atoms with Gasteiger partial charge in [0, 0.05) is 6.08 Å². The summed E-state index contributed by atoms with van der Waals surface area (Å²) in [6, 6.07) is 14.5. The summed E-state index contributed by atoms with van der Waals surface area (Å²) in [5.74, 6) is 1.08. The minimum absolute atomic E-state index is 0.223. The molecule has 1 heterocycles. The van der Waals surface area contributed by atoms with Gasteiger partial charge in [-0.3, -0.25) is 9.59 Å². The number of carbonyl (C=O) groups excluding carboxylic acids is 1. The Morgan fingerprint density at radius 3 is 2.61 bits per heavy atom. The highest BCUT2D eigenvalue weighted by molar-refractivity contribution is 7.07. The second-order valence-corrected chi connectivity index (χ2v) is 7.14. The molecule has 1 aromatic heterocycles. The van der Waals surface area contributed by atoms with Crippen LogP contribution in [0.15, 0.2) is 53.3 Å². The van der Waals surface area contributed by atoms with Crippen LogP contribution in [0.4, 0.5) is 0 Å². The number of aromatic nitrogens is 1. The molecule has 0 fully saturated rings. The molecule has 0 radical (unpaired) electrons. The third-order valence-electron chi connectivity index (χ3n) is 3.97. The van der Waals surface area contributed by atoms with E-state index >= 15 is 0 Å². The van der Waals surface area contributed by atoms with Gasteiger partial charge in [0.2, 0.25) is 0 Å². The Morgan fingerprint density at radius 1 is 1.14 bits per heavy atom. The second-order valence-electron chi connectivity index (χ2n) is 6.06. The first-order valence-electron chi connectivity index (χ1n) is 8.93. The van der Waals surface area contributed by atoms with Crippen molar-refractivity contribution in [2.24, 2.45) is 0 Å². The van der Waals surface area contributed by atoms with Crippen molar-refractivity contribution in [1.29, 1.82) is 0 Å². The Morgan fingerprint density at radius 2 is 1.89 bits per heavy atom. The Hall–Kier alpha value is -3.12. The van der Waals surface area contributed by atoms with Crippen molar-refractivity contribution >= 4 is 29.3 Å². The molecule has 0 bridgehead atoms. The summed E-state index contributed by atoms with van der Waals surface area (Å²) in [6.07, 6.45) is 4.16. The molecule has 3 aromatic rings. The molecule has 0 unspecified atom stereocenters. The van der Waals surface area contributed by atoms with E-state index in [-0.39, 0.29) is 11.3 Å². The average molecular weight is 395 g/mol. The van der Waals surface area contributed by atoms with Crippen molar-refractivity contribution in [1.82, 2.24) is 4.98 Å². The van der Waals surface area contributed by atoms with Crippen molar-refractivity contribution in [3.05, 3.63) is 79.2 Å². The van der Waals surface area contributed by atoms with E-state index < -0.39 is 0 Å². The standard InChI is InChI=1S/C22H21NO4S/c1-3-12-27-16-10-8-15(9-11-16)13-20-22(25)23-21(28-20)14-18(24)17-6-4-5-7-19(17)26-2/h4-11,13-14H,3,12H2,1-2H3,(H,23,25)/b20-13-,21-14-. The summed E-state index contributed by atoms with van der Waals surface area (Å²) in [7, 11) is 1.52. The fraction of sp³-hybridized carbons (Fsp3) is 0.182. The van der Waals surface area contributed by atoms with Crippen LogP contribution >= 0.6 is 11.3 Å². The number of Topliss-reactive ketones (excluding diaryl/α,β-unsaturated/α-hetero) is 1. The molecule has 28 heavy (non-hydrogen) atoms. The fourth-order valence-corrected chi connectivity index (χ4v) is 3.49. The van der Waals surface area contributed by atoms with Crippen LogP contribution in [-0.4, -0.2) is 24.5 Å². The van der Waals surface area contributed by atoms with Gasteiger partial charge in [-0.2, -0.15) is 0 Å². The molecular formula is C22H21NO4S. The number of para-hydroxylation sites is 1. The predicted octanol–water partition coefficient (Wildman–Crippen LogP) is 2.73. The van der Waals surface area contributed by atoms with Crippen LogP contribution in [0.3, 0.4) is 0 Å². The lowest BCUT2D eigenvalue weighted by atomic mass is 10.1. The Bertz CT molecular complexity index is 1130. The van der Waals surface area contributed by atoms with Crippen LogP contribution in [0.25, 0.3) is 12.2 Å². The number of carbonyl (C=O) groups is 1. The van der Waals surface area contributed by atoms with Crippen LogP contribution in [0.5, 0.6) is 11.5 Å². The molecule has 144 valence electrons. The monoisotopic (exact) mass is 395 g/mol. The van der Waals surface area contributed by atoms with Crippen LogP contribution in [0.1, 0.15) is 29.3 Å². The third-order valence-corrected chi connectivity index (χ3v) is 4.93. The first kappa shape index (κ1) is 19.6. The van der Waals surface area contributed by atoms with Crippen molar-refractivity contribution in [3.63, 3.8) is 0 Å². The first-order chi connectivity index (χ1) is 13.6. The van der Waals surface area contributed by atoms with Gasteiger partial charge in [-0.05, 0) is 42.3 Å². The van der Waals surface area contributed by atoms with E-state index in [2.05, 4.69) is 11.9 Å². The lowest BCUT2D eigenvalue weighted by Crippen LogP contribution is -2.20. The maximum absolute atomic E-state index is 12.5. The fourth-order valence-electron chi connectivity index (χ4n) is 2.60. The minimum atomic E-state index is -0.226. The first-order valence-corrected chi connectivity index (χ1v) is 9.75. The number of ketones is 1. The Kier molecular flexibility index (Phi) is 6.45. The summed E-state index contributed by atoms with van der Waals surface area (Å²) >= 11 is 1.24. The highest BCUT2D eigenvalue weighted by Gasteiger charge is 2.09. The molecule has 0 aliphatic rings. The van der Waals surface area contributed by atoms with E-state index in [0.717, 1.165) is 17.7 Å². The maximum atomic E-state index is 12.5. The number of H-pyrrole nitrogens is 1. The SMILES string of the molecule is CCCOc1ccc(/C=c2\s/c(=C\C(=O)c3ccccc3OC)[nH]c2=O)cc1. The smallest absolute Gasteiger partial charge is 0.266 e. The molecule has 0 saturated heterocycles. The largest absolute Gasteiger partial charge is 0.496 e. The van der Waals surface area contributed by atoms with Crippen molar-refractivity contribution in [2.45, 2.75) is 13.3 Å². The molecule has 6 heteroatoms. The van der Waals surface area contributed by atoms with Crippen molar-refractivity contribution < 1.29 is 14.3 Å². The summed E-state index contributed by atoms with van der Waals surface area (Å²) in [5.41, 5.74) is 1.11. The number of nitrogens with one attached hydrogen (secondary N) is 1. The van der Waals surface area contributed by atoms with E-state index in [4.69, 9.17) is 9.47 Å². The Labute approximate surface area is 166 Å². The highest BCUT2D eigenvalue weighted by Crippen LogP contribution is 2.18. The van der Waals surface area contributed by atoms with E-state index in [1.807, 2.05) is 24.3 Å². The van der Waals surface area contributed by atoms with Gasteiger partial charge in [0.1, 0.15) is 11.5 Å². The number of thiazole rings is 1. The van der Waals surface area contributed by atoms with Crippen molar-refractivity contribution in [3.8, 4) is 11.5 Å². The zero-order chi connectivity index (χ0) is 19.9. The number of benzene rings is 2. The number of aromatic amines is 1. The van der Waals surface area contributed by atoms with Crippen molar-refractivity contribution in [2.75, 3.05) is 13.7 Å². The Balaban J connectivity index is 1.88. The number of hydrogen-bond acceptors (Lipinski definition) is 5. The zero-order valence-corrected chi connectivity index (χ0v) is 16.5. The predicted molar refractivity (Wildman–Crippen MR) is 112 cm³/mol. The summed E-state index contributed by atoms with van der Waals surface area (Å²) in [4.78, 5) is 27.5.